The summed E-state index contributed by atoms with van der Waals surface area (Å²) in [6.07, 6.45) is -2.77. The fourth-order valence-corrected chi connectivity index (χ4v) is 0.868. The Morgan fingerprint density at radius 3 is 2.62 bits per heavy atom. The van der Waals surface area contributed by atoms with E-state index >= 15 is 0 Å². The van der Waals surface area contributed by atoms with Gasteiger partial charge in [0.25, 0.3) is 0 Å². The monoisotopic (exact) mass is 193 g/mol. The number of hydrogen-bond acceptors (Lipinski definition) is 2. The predicted octanol–water partition coefficient (Wildman–Crippen LogP) is 1.05. The molecule has 0 saturated heterocycles. The van der Waals surface area contributed by atoms with Crippen molar-refractivity contribution in [1.82, 2.24) is 5.32 Å². The highest BCUT2D eigenvalue weighted by atomic mass is 19.4. The molecule has 72 valence electrons. The number of carboxylic acid groups (broad SMARTS) is 1. The summed E-state index contributed by atoms with van der Waals surface area (Å²) in [5.41, 5.74) is -1.36. The van der Waals surface area contributed by atoms with Crippen molar-refractivity contribution in [2.75, 3.05) is 6.54 Å². The molecule has 6 heteroatoms. The molecule has 0 bridgehead atoms. The molecule has 13 heavy (non-hydrogen) atoms. The van der Waals surface area contributed by atoms with Gasteiger partial charge >= 0.3 is 12.1 Å². The molecule has 0 spiro atoms. The third-order valence-corrected chi connectivity index (χ3v) is 1.47. The van der Waals surface area contributed by atoms with Crippen molar-refractivity contribution in [2.45, 2.75) is 6.18 Å². The van der Waals surface area contributed by atoms with Gasteiger partial charge in [0.15, 0.2) is 0 Å². The van der Waals surface area contributed by atoms with Gasteiger partial charge in [-0.05, 0) is 6.08 Å². The highest BCUT2D eigenvalue weighted by molar-refractivity contribution is 5.90. The molecular formula is C7H6F3NO2. The molecule has 0 saturated carbocycles. The summed E-state index contributed by atoms with van der Waals surface area (Å²) < 4.78 is 36.1. The van der Waals surface area contributed by atoms with Gasteiger partial charge in [-0.2, -0.15) is 13.2 Å². The van der Waals surface area contributed by atoms with E-state index in [9.17, 15) is 18.0 Å². The summed E-state index contributed by atoms with van der Waals surface area (Å²) in [6.45, 7) is -0.118. The summed E-state index contributed by atoms with van der Waals surface area (Å²) >= 11 is 0. The van der Waals surface area contributed by atoms with Crippen LogP contribution >= 0.6 is 0 Å². The fraction of sp³-hybridized carbons (Fsp3) is 0.286. The topological polar surface area (TPSA) is 49.3 Å². The first-order valence-corrected chi connectivity index (χ1v) is 3.37. The Labute approximate surface area is 71.5 Å². The molecule has 2 N–H and O–H groups in total. The van der Waals surface area contributed by atoms with Crippen LogP contribution in [0.15, 0.2) is 23.4 Å². The number of carbonyl (C=O) groups is 1. The smallest absolute Gasteiger partial charge is 0.430 e. The summed E-state index contributed by atoms with van der Waals surface area (Å²) in [5.74, 6) is -1.36. The SMILES string of the molecule is O=C(O)C1=CCNC(C(F)(F)F)=C1. The molecule has 3 nitrogen and oxygen atoms in total. The van der Waals surface area contributed by atoms with E-state index in [2.05, 4.69) is 0 Å². The second-order valence-corrected chi connectivity index (χ2v) is 2.40. The molecule has 0 aromatic rings. The normalized spacial score (nSPS) is 17.2. The van der Waals surface area contributed by atoms with E-state index in [0.29, 0.717) is 6.08 Å². The largest absolute Gasteiger partial charge is 0.478 e. The van der Waals surface area contributed by atoms with Crippen LogP contribution in [0, 0.1) is 0 Å². The number of nitrogens with one attached hydrogen (secondary N) is 1. The average molecular weight is 193 g/mol. The number of aliphatic carboxylic acids is 1. The first-order chi connectivity index (χ1) is 5.91. The zero-order valence-corrected chi connectivity index (χ0v) is 6.35. The number of rotatable bonds is 1. The van der Waals surface area contributed by atoms with Gasteiger partial charge in [-0.3, -0.25) is 0 Å². The Morgan fingerprint density at radius 2 is 2.15 bits per heavy atom. The number of carboxylic acids is 1. The van der Waals surface area contributed by atoms with Crippen LogP contribution in [-0.4, -0.2) is 23.8 Å². The first kappa shape index (κ1) is 9.63. The maximum Gasteiger partial charge on any atom is 0.430 e. The van der Waals surface area contributed by atoms with Crippen molar-refractivity contribution >= 4 is 5.97 Å². The Balaban J connectivity index is 2.91. The van der Waals surface area contributed by atoms with Gasteiger partial charge in [0, 0.05) is 6.54 Å². The molecule has 0 aliphatic carbocycles. The van der Waals surface area contributed by atoms with Gasteiger partial charge in [0.05, 0.1) is 5.57 Å². The first-order valence-electron chi connectivity index (χ1n) is 3.37. The standard InChI is InChI=1S/C7H6F3NO2/c8-7(9,10)5-3-4(6(12)13)1-2-11-5/h1,3,11H,2H2,(H,12,13). The van der Waals surface area contributed by atoms with Crippen LogP contribution in [0.5, 0.6) is 0 Å². The van der Waals surface area contributed by atoms with E-state index in [1.807, 2.05) is 5.32 Å². The zero-order chi connectivity index (χ0) is 10.1. The lowest BCUT2D eigenvalue weighted by Crippen LogP contribution is -2.29. The number of halogens is 3. The minimum atomic E-state index is -4.52. The number of alkyl halides is 3. The molecule has 0 fully saturated rings. The van der Waals surface area contributed by atoms with Crippen LogP contribution in [-0.2, 0) is 4.79 Å². The Morgan fingerprint density at radius 1 is 1.54 bits per heavy atom. The van der Waals surface area contributed by atoms with Crippen molar-refractivity contribution in [3.05, 3.63) is 23.4 Å². The molecule has 0 unspecified atom stereocenters. The molecule has 0 atom stereocenters. The van der Waals surface area contributed by atoms with E-state index in [0.717, 1.165) is 0 Å². The van der Waals surface area contributed by atoms with Crippen LogP contribution in [0.2, 0.25) is 0 Å². The van der Waals surface area contributed by atoms with Gasteiger partial charge < -0.3 is 10.4 Å². The third kappa shape index (κ3) is 2.24. The number of allylic oxidation sites excluding steroid dienone is 1. The Bertz CT molecular complexity index is 291. The van der Waals surface area contributed by atoms with Crippen LogP contribution in [0.4, 0.5) is 13.2 Å². The summed E-state index contributed by atoms with van der Waals surface area (Å²) in [7, 11) is 0. The summed E-state index contributed by atoms with van der Waals surface area (Å²) in [4.78, 5) is 10.3. The van der Waals surface area contributed by atoms with Crippen molar-refractivity contribution < 1.29 is 23.1 Å². The maximum absolute atomic E-state index is 12.0. The maximum atomic E-state index is 12.0. The second kappa shape index (κ2) is 3.12. The van der Waals surface area contributed by atoms with Gasteiger partial charge in [-0.1, -0.05) is 6.08 Å². The lowest BCUT2D eigenvalue weighted by Gasteiger charge is -2.16. The molecule has 1 aliphatic rings. The molecule has 1 heterocycles. The summed E-state index contributed by atoms with van der Waals surface area (Å²) in [6, 6.07) is 0. The van der Waals surface area contributed by atoms with Crippen LogP contribution in [0.1, 0.15) is 0 Å². The highest BCUT2D eigenvalue weighted by Gasteiger charge is 2.35. The second-order valence-electron chi connectivity index (χ2n) is 2.40. The van der Waals surface area contributed by atoms with E-state index in [4.69, 9.17) is 5.11 Å². The van der Waals surface area contributed by atoms with Crippen molar-refractivity contribution in [1.29, 1.82) is 0 Å². The van der Waals surface area contributed by atoms with E-state index in [1.165, 1.54) is 6.08 Å². The van der Waals surface area contributed by atoms with Gasteiger partial charge in [0.1, 0.15) is 5.70 Å². The lowest BCUT2D eigenvalue weighted by atomic mass is 10.1. The number of dihydropyridines is 1. The fourth-order valence-electron chi connectivity index (χ4n) is 0.868. The minimum Gasteiger partial charge on any atom is -0.478 e. The minimum absolute atomic E-state index is 0.118. The average Bonchev–Trinajstić information content (AvgIpc) is 2.03. The molecule has 0 amide bonds. The lowest BCUT2D eigenvalue weighted by molar-refractivity contribution is -0.132. The molecule has 0 aromatic carbocycles. The van der Waals surface area contributed by atoms with E-state index < -0.39 is 17.8 Å². The predicted molar refractivity (Wildman–Crippen MR) is 37.9 cm³/mol. The van der Waals surface area contributed by atoms with Crippen LogP contribution < -0.4 is 5.32 Å². The summed E-state index contributed by atoms with van der Waals surface area (Å²) in [5, 5.41) is 10.5. The van der Waals surface area contributed by atoms with Gasteiger partial charge in [0.2, 0.25) is 0 Å². The van der Waals surface area contributed by atoms with E-state index in [1.54, 1.807) is 0 Å². The van der Waals surface area contributed by atoms with Crippen LogP contribution in [0.3, 0.4) is 0 Å². The van der Waals surface area contributed by atoms with Crippen molar-refractivity contribution in [3.63, 3.8) is 0 Å². The molecule has 1 rings (SSSR count). The van der Waals surface area contributed by atoms with Crippen molar-refractivity contribution in [2.24, 2.45) is 0 Å². The van der Waals surface area contributed by atoms with Crippen molar-refractivity contribution in [3.8, 4) is 0 Å². The van der Waals surface area contributed by atoms with E-state index in [-0.39, 0.29) is 12.1 Å². The molecular weight excluding hydrogens is 187 g/mol. The molecule has 0 aromatic heterocycles. The molecule has 0 radical (unpaired) electrons. The zero-order valence-electron chi connectivity index (χ0n) is 6.35. The van der Waals surface area contributed by atoms with Crippen LogP contribution in [0.25, 0.3) is 0 Å². The van der Waals surface area contributed by atoms with Gasteiger partial charge in [-0.15, -0.1) is 0 Å². The third-order valence-electron chi connectivity index (χ3n) is 1.47. The number of hydrogen-bond donors (Lipinski definition) is 2. The van der Waals surface area contributed by atoms with Gasteiger partial charge in [-0.25, -0.2) is 4.79 Å². The Kier molecular flexibility index (Phi) is 2.31. The molecule has 1 aliphatic heterocycles. The highest BCUT2D eigenvalue weighted by Crippen LogP contribution is 2.25. The Hall–Kier alpha value is -1.46. The quantitative estimate of drug-likeness (QED) is 0.654.